The van der Waals surface area contributed by atoms with Gasteiger partial charge in [-0.15, -0.1) is 0 Å². The molecule has 0 unspecified atom stereocenters. The Morgan fingerprint density at radius 1 is 1.07 bits per heavy atom. The number of carbonyl (C=O) groups is 2. The van der Waals surface area contributed by atoms with Crippen molar-refractivity contribution in [2.45, 2.75) is 33.3 Å². The fourth-order valence-electron chi connectivity index (χ4n) is 2.94. The molecule has 0 spiro atoms. The van der Waals surface area contributed by atoms with Crippen molar-refractivity contribution in [3.63, 3.8) is 0 Å². The topological polar surface area (TPSA) is 68.3 Å². The van der Waals surface area contributed by atoms with Gasteiger partial charge in [0.05, 0.1) is 20.3 Å². The van der Waals surface area contributed by atoms with Gasteiger partial charge in [-0.3, -0.25) is 4.79 Å². The molecule has 27 heavy (non-hydrogen) atoms. The van der Waals surface area contributed by atoms with Crippen molar-refractivity contribution >= 4 is 12.0 Å². The second kappa shape index (κ2) is 10.8. The molecular weight excluding hydrogens is 348 g/mol. The smallest absolute Gasteiger partial charge is 0.409 e. The van der Waals surface area contributed by atoms with Gasteiger partial charge in [0.15, 0.2) is 0 Å². The Labute approximate surface area is 161 Å². The van der Waals surface area contributed by atoms with E-state index in [1.807, 2.05) is 6.07 Å². The highest BCUT2D eigenvalue weighted by Gasteiger charge is 2.25. The van der Waals surface area contributed by atoms with Gasteiger partial charge in [0.1, 0.15) is 5.75 Å². The van der Waals surface area contributed by atoms with Gasteiger partial charge in [-0.05, 0) is 31.5 Å². The summed E-state index contributed by atoms with van der Waals surface area (Å²) in [6.45, 7) is 7.30. The number of hydrogen-bond acceptors (Lipinski definition) is 5. The van der Waals surface area contributed by atoms with Crippen LogP contribution in [0, 0.1) is 0 Å². The van der Waals surface area contributed by atoms with Gasteiger partial charge in [-0.1, -0.05) is 13.3 Å². The summed E-state index contributed by atoms with van der Waals surface area (Å²) in [6, 6.07) is 5.42. The van der Waals surface area contributed by atoms with Gasteiger partial charge in [-0.2, -0.15) is 0 Å². The van der Waals surface area contributed by atoms with Crippen molar-refractivity contribution in [1.29, 1.82) is 0 Å². The molecule has 0 atom stereocenters. The summed E-state index contributed by atoms with van der Waals surface area (Å²) in [7, 11) is 1.61. The fraction of sp³-hybridized carbons (Fsp3) is 0.600. The Balaban J connectivity index is 1.98. The molecule has 2 rings (SSSR count). The number of rotatable bonds is 8. The zero-order valence-corrected chi connectivity index (χ0v) is 16.5. The summed E-state index contributed by atoms with van der Waals surface area (Å²) in [5.74, 6) is 0.672. The van der Waals surface area contributed by atoms with Crippen molar-refractivity contribution < 1.29 is 23.8 Å². The largest absolute Gasteiger partial charge is 0.496 e. The molecule has 7 heteroatoms. The molecule has 1 aliphatic heterocycles. The van der Waals surface area contributed by atoms with Crippen LogP contribution in [0.4, 0.5) is 4.79 Å². The van der Waals surface area contributed by atoms with E-state index >= 15 is 0 Å². The van der Waals surface area contributed by atoms with Gasteiger partial charge in [0, 0.05) is 43.9 Å². The predicted molar refractivity (Wildman–Crippen MR) is 102 cm³/mol. The van der Waals surface area contributed by atoms with Crippen molar-refractivity contribution in [2.75, 3.05) is 46.5 Å². The molecule has 7 nitrogen and oxygen atoms in total. The molecule has 0 saturated carbocycles. The molecule has 1 aromatic carbocycles. The minimum Gasteiger partial charge on any atom is -0.496 e. The molecule has 1 aliphatic rings. The maximum absolute atomic E-state index is 12.8. The molecule has 0 aromatic heterocycles. The Hall–Kier alpha value is -2.28. The SMILES string of the molecule is CCCCOCc1cc(C(=O)N2CCN(C(=O)OCC)CC2)ccc1OC. The van der Waals surface area contributed by atoms with E-state index in [0.717, 1.165) is 24.2 Å². The van der Waals surface area contributed by atoms with Crippen LogP contribution in [0.3, 0.4) is 0 Å². The lowest BCUT2D eigenvalue weighted by Crippen LogP contribution is -2.50. The summed E-state index contributed by atoms with van der Waals surface area (Å²) in [5, 5.41) is 0. The fourth-order valence-corrected chi connectivity index (χ4v) is 2.94. The highest BCUT2D eigenvalue weighted by Crippen LogP contribution is 2.22. The Morgan fingerprint density at radius 3 is 2.41 bits per heavy atom. The minimum atomic E-state index is -0.319. The zero-order valence-electron chi connectivity index (χ0n) is 16.5. The quantitative estimate of drug-likeness (QED) is 0.651. The maximum atomic E-state index is 12.8. The number of amides is 2. The molecule has 2 amide bonds. The first-order valence-corrected chi connectivity index (χ1v) is 9.56. The van der Waals surface area contributed by atoms with E-state index in [9.17, 15) is 9.59 Å². The molecule has 150 valence electrons. The van der Waals surface area contributed by atoms with Gasteiger partial charge in [-0.25, -0.2) is 4.79 Å². The normalized spacial score (nSPS) is 14.2. The summed E-state index contributed by atoms with van der Waals surface area (Å²) >= 11 is 0. The number of piperazine rings is 1. The number of ether oxygens (including phenoxy) is 3. The van der Waals surface area contributed by atoms with Crippen LogP contribution in [0.5, 0.6) is 5.75 Å². The monoisotopic (exact) mass is 378 g/mol. The number of hydrogen-bond donors (Lipinski definition) is 0. The van der Waals surface area contributed by atoms with E-state index in [-0.39, 0.29) is 12.0 Å². The average Bonchev–Trinajstić information content (AvgIpc) is 2.71. The standard InChI is InChI=1S/C20H30N2O5/c1-4-6-13-26-15-17-14-16(7-8-18(17)25-3)19(23)21-9-11-22(12-10-21)20(24)27-5-2/h7-8,14H,4-6,9-13,15H2,1-3H3. The Bertz CT molecular complexity index is 627. The second-order valence-electron chi connectivity index (χ2n) is 6.41. The molecule has 1 fully saturated rings. The van der Waals surface area contributed by atoms with Crippen LogP contribution in [-0.4, -0.2) is 68.3 Å². The lowest BCUT2D eigenvalue weighted by molar-refractivity contribution is 0.0570. The van der Waals surface area contributed by atoms with Crippen molar-refractivity contribution in [1.82, 2.24) is 9.80 Å². The van der Waals surface area contributed by atoms with Crippen LogP contribution < -0.4 is 4.74 Å². The lowest BCUT2D eigenvalue weighted by Gasteiger charge is -2.34. The van der Waals surface area contributed by atoms with Crippen LogP contribution >= 0.6 is 0 Å². The highest BCUT2D eigenvalue weighted by atomic mass is 16.6. The summed E-state index contributed by atoms with van der Waals surface area (Å²) < 4.78 is 16.1. The van der Waals surface area contributed by atoms with Crippen LogP contribution in [0.2, 0.25) is 0 Å². The van der Waals surface area contributed by atoms with Crippen LogP contribution in [0.15, 0.2) is 18.2 Å². The van der Waals surface area contributed by atoms with E-state index in [1.54, 1.807) is 36.0 Å². The van der Waals surface area contributed by atoms with E-state index in [4.69, 9.17) is 14.2 Å². The first-order valence-electron chi connectivity index (χ1n) is 9.56. The average molecular weight is 378 g/mol. The molecule has 1 aromatic rings. The number of methoxy groups -OCH3 is 1. The molecular formula is C20H30N2O5. The predicted octanol–water partition coefficient (Wildman–Crippen LogP) is 2.93. The first kappa shape index (κ1) is 21.0. The molecule has 1 heterocycles. The van der Waals surface area contributed by atoms with Gasteiger partial charge in [0.25, 0.3) is 5.91 Å². The third-order valence-electron chi connectivity index (χ3n) is 4.52. The lowest BCUT2D eigenvalue weighted by atomic mass is 10.1. The molecule has 0 bridgehead atoms. The third kappa shape index (κ3) is 5.85. The molecule has 0 aliphatic carbocycles. The van der Waals surface area contributed by atoms with Crippen LogP contribution in [0.25, 0.3) is 0 Å². The first-order chi connectivity index (χ1) is 13.1. The van der Waals surface area contributed by atoms with E-state index < -0.39 is 0 Å². The number of nitrogens with zero attached hydrogens (tertiary/aromatic N) is 2. The van der Waals surface area contributed by atoms with Crippen molar-refractivity contribution in [3.05, 3.63) is 29.3 Å². The Morgan fingerprint density at radius 2 is 1.78 bits per heavy atom. The van der Waals surface area contributed by atoms with Gasteiger partial charge >= 0.3 is 6.09 Å². The highest BCUT2D eigenvalue weighted by molar-refractivity contribution is 5.94. The van der Waals surface area contributed by atoms with E-state index in [1.165, 1.54) is 0 Å². The number of carbonyl (C=O) groups excluding carboxylic acids is 2. The summed E-state index contributed by atoms with van der Waals surface area (Å²) in [6.07, 6.45) is 1.76. The van der Waals surface area contributed by atoms with E-state index in [0.29, 0.717) is 51.6 Å². The van der Waals surface area contributed by atoms with Crippen molar-refractivity contribution in [2.24, 2.45) is 0 Å². The second-order valence-corrected chi connectivity index (χ2v) is 6.41. The number of benzene rings is 1. The van der Waals surface area contributed by atoms with Gasteiger partial charge < -0.3 is 24.0 Å². The van der Waals surface area contributed by atoms with Crippen LogP contribution in [0.1, 0.15) is 42.6 Å². The number of unbranched alkanes of at least 4 members (excludes halogenated alkanes) is 1. The summed E-state index contributed by atoms with van der Waals surface area (Å²) in [4.78, 5) is 28.0. The maximum Gasteiger partial charge on any atom is 0.409 e. The molecule has 0 N–H and O–H groups in total. The van der Waals surface area contributed by atoms with Crippen LogP contribution in [-0.2, 0) is 16.1 Å². The Kier molecular flexibility index (Phi) is 8.39. The minimum absolute atomic E-state index is 0.0454. The zero-order chi connectivity index (χ0) is 19.6. The van der Waals surface area contributed by atoms with E-state index in [2.05, 4.69) is 6.92 Å². The molecule has 0 radical (unpaired) electrons. The van der Waals surface area contributed by atoms with Gasteiger partial charge in [0.2, 0.25) is 0 Å². The third-order valence-corrected chi connectivity index (χ3v) is 4.52. The van der Waals surface area contributed by atoms with Crippen molar-refractivity contribution in [3.8, 4) is 5.75 Å². The summed E-state index contributed by atoms with van der Waals surface area (Å²) in [5.41, 5.74) is 1.47. The molecule has 1 saturated heterocycles.